The van der Waals surface area contributed by atoms with Crippen LogP contribution in [0.25, 0.3) is 10.2 Å². The minimum Gasteiger partial charge on any atom is -0.329 e. The van der Waals surface area contributed by atoms with Gasteiger partial charge in [0.1, 0.15) is 17.0 Å². The molecule has 1 aromatic carbocycles. The number of rotatable bonds is 3. The van der Waals surface area contributed by atoms with Gasteiger partial charge in [0.2, 0.25) is 0 Å². The maximum Gasteiger partial charge on any atom is 0.145 e. The molecule has 3 rings (SSSR count). The number of hydrogen-bond acceptors (Lipinski definition) is 5. The predicted octanol–water partition coefficient (Wildman–Crippen LogP) is 3.53. The number of anilines is 2. The van der Waals surface area contributed by atoms with E-state index in [1.807, 2.05) is 19.2 Å². The van der Waals surface area contributed by atoms with Gasteiger partial charge < -0.3 is 10.6 Å². The van der Waals surface area contributed by atoms with Gasteiger partial charge in [-0.2, -0.15) is 0 Å². The largest absolute Gasteiger partial charge is 0.329 e. The third-order valence-corrected chi connectivity index (χ3v) is 4.95. The van der Waals surface area contributed by atoms with Crippen molar-refractivity contribution in [1.82, 2.24) is 9.97 Å². The molecule has 0 aliphatic carbocycles. The zero-order valence-electron chi connectivity index (χ0n) is 12.4. The van der Waals surface area contributed by atoms with Gasteiger partial charge in [-0.1, -0.05) is 18.2 Å². The summed E-state index contributed by atoms with van der Waals surface area (Å²) < 4.78 is 0. The molecule has 0 unspecified atom stereocenters. The van der Waals surface area contributed by atoms with Crippen molar-refractivity contribution in [3.05, 3.63) is 46.6 Å². The number of fused-ring (bicyclic) bond motifs is 1. The summed E-state index contributed by atoms with van der Waals surface area (Å²) in [5, 5.41) is 1.13. The van der Waals surface area contributed by atoms with Crippen LogP contribution in [0.2, 0.25) is 0 Å². The van der Waals surface area contributed by atoms with Crippen molar-refractivity contribution in [2.45, 2.75) is 20.4 Å². The van der Waals surface area contributed by atoms with Gasteiger partial charge in [0.25, 0.3) is 0 Å². The van der Waals surface area contributed by atoms with E-state index in [9.17, 15) is 0 Å². The van der Waals surface area contributed by atoms with Gasteiger partial charge in [-0.05, 0) is 31.0 Å². The van der Waals surface area contributed by atoms with E-state index in [2.05, 4.69) is 40.8 Å². The van der Waals surface area contributed by atoms with Crippen molar-refractivity contribution < 1.29 is 0 Å². The number of aromatic nitrogens is 2. The topological polar surface area (TPSA) is 55.0 Å². The molecule has 0 atom stereocenters. The smallest absolute Gasteiger partial charge is 0.145 e. The quantitative estimate of drug-likeness (QED) is 0.803. The first-order valence-electron chi connectivity index (χ1n) is 6.86. The van der Waals surface area contributed by atoms with Crippen LogP contribution in [0.1, 0.15) is 16.0 Å². The highest BCUT2D eigenvalue weighted by atomic mass is 32.1. The second kappa shape index (κ2) is 5.42. The maximum absolute atomic E-state index is 5.86. The fourth-order valence-corrected chi connectivity index (χ4v) is 3.53. The van der Waals surface area contributed by atoms with E-state index in [4.69, 9.17) is 5.73 Å². The Labute approximate surface area is 128 Å². The molecule has 0 saturated carbocycles. The first-order valence-corrected chi connectivity index (χ1v) is 7.67. The Bertz CT molecular complexity index is 794. The Kier molecular flexibility index (Phi) is 3.61. The highest BCUT2D eigenvalue weighted by molar-refractivity contribution is 7.18. The Morgan fingerprint density at radius 3 is 2.71 bits per heavy atom. The summed E-state index contributed by atoms with van der Waals surface area (Å²) in [4.78, 5) is 13.3. The van der Waals surface area contributed by atoms with E-state index in [0.29, 0.717) is 6.54 Å². The molecule has 3 aromatic rings. The van der Waals surface area contributed by atoms with Crippen LogP contribution in [0.5, 0.6) is 0 Å². The molecule has 4 nitrogen and oxygen atoms in total. The van der Waals surface area contributed by atoms with Gasteiger partial charge >= 0.3 is 0 Å². The molecule has 0 saturated heterocycles. The van der Waals surface area contributed by atoms with Crippen molar-refractivity contribution in [3.8, 4) is 0 Å². The molecule has 2 heterocycles. The summed E-state index contributed by atoms with van der Waals surface area (Å²) >= 11 is 1.71. The molecule has 0 bridgehead atoms. The van der Waals surface area contributed by atoms with Crippen LogP contribution in [0, 0.1) is 13.8 Å². The van der Waals surface area contributed by atoms with Crippen molar-refractivity contribution in [3.63, 3.8) is 0 Å². The molecule has 0 aliphatic heterocycles. The normalized spacial score (nSPS) is 11.0. The lowest BCUT2D eigenvalue weighted by atomic mass is 10.1. The lowest BCUT2D eigenvalue weighted by molar-refractivity contribution is 1.03. The molecule has 0 fully saturated rings. The van der Waals surface area contributed by atoms with Crippen molar-refractivity contribution in [2.75, 3.05) is 11.9 Å². The third kappa shape index (κ3) is 2.28. The number of para-hydroxylation sites is 1. The number of hydrogen-bond donors (Lipinski definition) is 1. The molecule has 2 aromatic heterocycles. The molecule has 21 heavy (non-hydrogen) atoms. The first-order chi connectivity index (χ1) is 10.1. The van der Waals surface area contributed by atoms with Crippen molar-refractivity contribution >= 4 is 33.1 Å². The lowest BCUT2D eigenvalue weighted by Crippen LogP contribution is -2.15. The fraction of sp³-hybridized carbons (Fsp3) is 0.250. The van der Waals surface area contributed by atoms with Crippen LogP contribution in [-0.4, -0.2) is 17.0 Å². The van der Waals surface area contributed by atoms with Crippen LogP contribution in [0.4, 0.5) is 11.5 Å². The van der Waals surface area contributed by atoms with Gasteiger partial charge in [0.15, 0.2) is 0 Å². The monoisotopic (exact) mass is 298 g/mol. The molecular formula is C16H18N4S. The number of aryl methyl sites for hydroxylation is 2. The highest BCUT2D eigenvalue weighted by Crippen LogP contribution is 2.36. The van der Waals surface area contributed by atoms with Crippen LogP contribution < -0.4 is 10.6 Å². The van der Waals surface area contributed by atoms with E-state index >= 15 is 0 Å². The summed E-state index contributed by atoms with van der Waals surface area (Å²) in [6, 6.07) is 8.16. The van der Waals surface area contributed by atoms with E-state index < -0.39 is 0 Å². The predicted molar refractivity (Wildman–Crippen MR) is 89.3 cm³/mol. The van der Waals surface area contributed by atoms with Gasteiger partial charge in [-0.3, -0.25) is 0 Å². The molecule has 0 amide bonds. The highest BCUT2D eigenvalue weighted by Gasteiger charge is 2.17. The second-order valence-electron chi connectivity index (χ2n) is 5.05. The summed E-state index contributed by atoms with van der Waals surface area (Å²) in [7, 11) is 2.03. The van der Waals surface area contributed by atoms with Gasteiger partial charge in [-0.15, -0.1) is 11.3 Å². The van der Waals surface area contributed by atoms with Crippen molar-refractivity contribution in [1.29, 1.82) is 0 Å². The van der Waals surface area contributed by atoms with E-state index in [1.54, 1.807) is 17.7 Å². The summed E-state index contributed by atoms with van der Waals surface area (Å²) in [5.74, 6) is 0.933. The molecule has 0 spiro atoms. The minimum atomic E-state index is 0.510. The lowest BCUT2D eigenvalue weighted by Gasteiger charge is -2.22. The number of nitrogens with zero attached hydrogens (tertiary/aromatic N) is 3. The summed E-state index contributed by atoms with van der Waals surface area (Å²) in [5.41, 5.74) is 9.30. The zero-order valence-corrected chi connectivity index (χ0v) is 13.2. The first kappa shape index (κ1) is 14.0. The van der Waals surface area contributed by atoms with Crippen LogP contribution >= 0.6 is 11.3 Å². The minimum absolute atomic E-state index is 0.510. The second-order valence-corrected chi connectivity index (χ2v) is 6.26. The van der Waals surface area contributed by atoms with Gasteiger partial charge in [-0.25, -0.2) is 9.97 Å². The van der Waals surface area contributed by atoms with Crippen LogP contribution in [-0.2, 0) is 6.54 Å². The van der Waals surface area contributed by atoms with Crippen LogP contribution in [0.15, 0.2) is 30.6 Å². The molecule has 5 heteroatoms. The average molecular weight is 298 g/mol. The van der Waals surface area contributed by atoms with Gasteiger partial charge in [0.05, 0.1) is 5.39 Å². The van der Waals surface area contributed by atoms with E-state index in [0.717, 1.165) is 27.3 Å². The number of nitrogens with two attached hydrogens (primary N) is 1. The third-order valence-electron chi connectivity index (χ3n) is 3.84. The molecule has 0 radical (unpaired) electrons. The maximum atomic E-state index is 5.86. The Hall–Kier alpha value is -1.98. The number of thiophene rings is 1. The molecular weight excluding hydrogens is 280 g/mol. The molecule has 2 N–H and O–H groups in total. The van der Waals surface area contributed by atoms with Gasteiger partial charge in [0, 0.05) is 24.2 Å². The Morgan fingerprint density at radius 2 is 1.95 bits per heavy atom. The zero-order chi connectivity index (χ0) is 15.0. The van der Waals surface area contributed by atoms with Crippen LogP contribution in [0.3, 0.4) is 0 Å². The molecule has 108 valence electrons. The summed E-state index contributed by atoms with van der Waals surface area (Å²) in [6.45, 7) is 4.76. The summed E-state index contributed by atoms with van der Waals surface area (Å²) in [6.07, 6.45) is 1.63. The van der Waals surface area contributed by atoms with Crippen molar-refractivity contribution in [2.24, 2.45) is 5.73 Å². The Morgan fingerprint density at radius 1 is 1.19 bits per heavy atom. The average Bonchev–Trinajstić information content (AvgIpc) is 2.81. The Balaban J connectivity index is 2.20. The van der Waals surface area contributed by atoms with E-state index in [1.165, 1.54) is 10.4 Å². The molecule has 0 aliphatic rings. The SMILES string of the molecule is Cc1sc2ncnc(N(C)c3ccccc3CN)c2c1C. The fourth-order valence-electron chi connectivity index (χ4n) is 2.54. The standard InChI is InChI=1S/C16H18N4S/c1-10-11(2)21-16-14(10)15(18-9-19-16)20(3)13-7-5-4-6-12(13)8-17/h4-7,9H,8,17H2,1-3H3. The number of benzene rings is 1. The van der Waals surface area contributed by atoms with E-state index in [-0.39, 0.29) is 0 Å².